The molecule has 0 N–H and O–H groups in total. The van der Waals surface area contributed by atoms with E-state index >= 15 is 0 Å². The summed E-state index contributed by atoms with van der Waals surface area (Å²) in [5.41, 5.74) is 0. The van der Waals surface area contributed by atoms with Gasteiger partial charge in [-0.3, -0.25) is 4.57 Å². The van der Waals surface area contributed by atoms with Gasteiger partial charge in [0.05, 0.1) is 13.6 Å². The maximum absolute atomic E-state index is 5.12. The first-order chi connectivity index (χ1) is 7.24. The summed E-state index contributed by atoms with van der Waals surface area (Å²) in [5.74, 6) is 0. The first-order valence-electron chi connectivity index (χ1n) is 5.84. The van der Waals surface area contributed by atoms with E-state index < -0.39 is 0 Å². The van der Waals surface area contributed by atoms with Crippen LogP contribution in [-0.4, -0.2) is 9.78 Å². The van der Waals surface area contributed by atoms with Crippen molar-refractivity contribution in [2.75, 3.05) is 0 Å². The maximum atomic E-state index is 5.12. The Hall–Kier alpha value is -0.640. The molecule has 4 heteroatoms. The number of nitrogens with zero attached hydrogens (tertiary/aromatic N) is 3. The van der Waals surface area contributed by atoms with Crippen molar-refractivity contribution < 1.29 is 4.57 Å². The summed E-state index contributed by atoms with van der Waals surface area (Å²) in [4.78, 5) is 0. The molecule has 0 aliphatic carbocycles. The summed E-state index contributed by atoms with van der Waals surface area (Å²) in [5, 5.41) is 4.83. The zero-order valence-electron chi connectivity index (χ0n) is 9.78. The molecule has 0 aromatic carbocycles. The molecule has 0 bridgehead atoms. The Kier molecular flexibility index (Phi) is 5.61. The van der Waals surface area contributed by atoms with Crippen LogP contribution < -0.4 is 4.57 Å². The van der Waals surface area contributed by atoms with Gasteiger partial charge in [-0.25, -0.2) is 0 Å². The van der Waals surface area contributed by atoms with Gasteiger partial charge >= 0.3 is 0 Å². The largest absolute Gasteiger partial charge is 0.703 e. The fourth-order valence-corrected chi connectivity index (χ4v) is 1.95. The van der Waals surface area contributed by atoms with Crippen molar-refractivity contribution in [1.82, 2.24) is 9.78 Å². The van der Waals surface area contributed by atoms with E-state index in [1.807, 2.05) is 13.4 Å². The first-order valence-corrected chi connectivity index (χ1v) is 6.25. The number of aromatic nitrogens is 3. The second-order valence-corrected chi connectivity index (χ2v) is 4.40. The minimum Gasteiger partial charge on any atom is -0.703 e. The van der Waals surface area contributed by atoms with E-state index in [4.69, 9.17) is 12.6 Å². The Morgan fingerprint density at radius 1 is 1.27 bits per heavy atom. The molecule has 1 aromatic rings. The van der Waals surface area contributed by atoms with Gasteiger partial charge in [0.1, 0.15) is 0 Å². The molecule has 1 rings (SSSR count). The van der Waals surface area contributed by atoms with Gasteiger partial charge in [-0.15, -0.1) is 4.68 Å². The lowest BCUT2D eigenvalue weighted by Gasteiger charge is -2.02. The molecule has 0 fully saturated rings. The topological polar surface area (TPSA) is 21.7 Å². The molecule has 0 aliphatic rings. The number of aryl methyl sites for hydroxylation is 2. The Bertz CT molecular complexity index is 283. The van der Waals surface area contributed by atoms with Gasteiger partial charge in [-0.05, 0) is 6.42 Å². The summed E-state index contributed by atoms with van der Waals surface area (Å²) in [6.07, 6.45) is 9.88. The Labute approximate surface area is 97.9 Å². The molecule has 0 amide bonds. The second-order valence-electron chi connectivity index (χ2n) is 4.03. The van der Waals surface area contributed by atoms with Gasteiger partial charge in [-0.2, -0.15) is 0 Å². The van der Waals surface area contributed by atoms with E-state index in [2.05, 4.69) is 16.6 Å². The van der Waals surface area contributed by atoms with Gasteiger partial charge in [0.15, 0.2) is 5.16 Å². The van der Waals surface area contributed by atoms with Crippen LogP contribution in [0.1, 0.15) is 45.4 Å². The molecular weight excluding hydrogens is 206 g/mol. The van der Waals surface area contributed by atoms with Crippen LogP contribution in [0.25, 0.3) is 0 Å². The Morgan fingerprint density at radius 3 is 2.53 bits per heavy atom. The lowest BCUT2D eigenvalue weighted by molar-refractivity contribution is -0.733. The highest BCUT2D eigenvalue weighted by atomic mass is 32.1. The predicted molar refractivity (Wildman–Crippen MR) is 62.4 cm³/mol. The summed E-state index contributed by atoms with van der Waals surface area (Å²) in [6.45, 7) is 3.26. The molecule has 0 radical (unpaired) electrons. The van der Waals surface area contributed by atoms with Crippen LogP contribution in [0.15, 0.2) is 11.5 Å². The smallest absolute Gasteiger partial charge is 0.221 e. The fraction of sp³-hybridized carbons (Fsp3) is 0.818. The van der Waals surface area contributed by atoms with Crippen molar-refractivity contribution >= 4 is 12.6 Å². The van der Waals surface area contributed by atoms with E-state index in [9.17, 15) is 0 Å². The zero-order chi connectivity index (χ0) is 11.1. The standard InChI is InChI=1S/C11H21N3S/c1-3-4-5-6-7-8-9-14-10-13(2)12-11(14)15/h10H,3-9H2,1-2H3. The number of hydrogen-bond acceptors (Lipinski definition) is 2. The molecule has 0 saturated carbocycles. The molecule has 0 spiro atoms. The SMILES string of the molecule is CCCCCCCC[n+]1cn(C)nc1[S-]. The minimum atomic E-state index is 0.700. The Balaban J connectivity index is 2.12. The molecule has 15 heavy (non-hydrogen) atoms. The van der Waals surface area contributed by atoms with Crippen molar-refractivity contribution in [1.29, 1.82) is 0 Å². The molecule has 0 unspecified atom stereocenters. The summed E-state index contributed by atoms with van der Waals surface area (Å²) >= 11 is 5.12. The summed E-state index contributed by atoms with van der Waals surface area (Å²) in [6, 6.07) is 0. The molecular formula is C11H21N3S. The van der Waals surface area contributed by atoms with Crippen LogP contribution in [0.4, 0.5) is 0 Å². The van der Waals surface area contributed by atoms with Gasteiger partial charge in [0.25, 0.3) is 0 Å². The van der Waals surface area contributed by atoms with Gasteiger partial charge in [-0.1, -0.05) is 39.0 Å². The van der Waals surface area contributed by atoms with Crippen molar-refractivity contribution in [2.24, 2.45) is 7.05 Å². The highest BCUT2D eigenvalue weighted by Gasteiger charge is 2.02. The molecule has 1 aromatic heterocycles. The van der Waals surface area contributed by atoms with Crippen molar-refractivity contribution in [3.63, 3.8) is 0 Å². The van der Waals surface area contributed by atoms with Crippen LogP contribution >= 0.6 is 0 Å². The fourth-order valence-electron chi connectivity index (χ4n) is 1.69. The lowest BCUT2D eigenvalue weighted by Crippen LogP contribution is -2.34. The third kappa shape index (κ3) is 4.60. The average molecular weight is 227 g/mol. The second kappa shape index (κ2) is 6.77. The average Bonchev–Trinajstić information content (AvgIpc) is 2.51. The van der Waals surface area contributed by atoms with E-state index in [0.717, 1.165) is 6.54 Å². The predicted octanol–water partition coefficient (Wildman–Crippen LogP) is 1.97. The molecule has 3 nitrogen and oxygen atoms in total. The van der Waals surface area contributed by atoms with E-state index in [1.165, 1.54) is 38.5 Å². The summed E-state index contributed by atoms with van der Waals surface area (Å²) < 4.78 is 3.83. The van der Waals surface area contributed by atoms with Crippen molar-refractivity contribution in [3.05, 3.63) is 6.33 Å². The third-order valence-electron chi connectivity index (χ3n) is 2.55. The first kappa shape index (κ1) is 12.4. The Morgan fingerprint density at radius 2 is 1.93 bits per heavy atom. The van der Waals surface area contributed by atoms with Crippen molar-refractivity contribution in [2.45, 2.75) is 57.1 Å². The highest BCUT2D eigenvalue weighted by Crippen LogP contribution is 2.04. The summed E-state index contributed by atoms with van der Waals surface area (Å²) in [7, 11) is 1.91. The minimum absolute atomic E-state index is 0.700. The monoisotopic (exact) mass is 227 g/mol. The number of hydrogen-bond donors (Lipinski definition) is 0. The van der Waals surface area contributed by atoms with Crippen molar-refractivity contribution in [3.8, 4) is 0 Å². The van der Waals surface area contributed by atoms with Crippen LogP contribution in [0.5, 0.6) is 0 Å². The third-order valence-corrected chi connectivity index (χ3v) is 2.86. The van der Waals surface area contributed by atoms with Gasteiger partial charge in [0, 0.05) is 5.10 Å². The number of rotatable bonds is 7. The highest BCUT2D eigenvalue weighted by molar-refractivity contribution is 7.58. The van der Waals surface area contributed by atoms with E-state index in [0.29, 0.717) is 5.16 Å². The number of unbranched alkanes of at least 4 members (excludes halogenated alkanes) is 5. The molecule has 86 valence electrons. The lowest BCUT2D eigenvalue weighted by atomic mass is 10.1. The normalized spacial score (nSPS) is 10.8. The van der Waals surface area contributed by atoms with Crippen LogP contribution in [0.3, 0.4) is 0 Å². The maximum Gasteiger partial charge on any atom is 0.221 e. The van der Waals surface area contributed by atoms with Gasteiger partial charge in [0.2, 0.25) is 6.33 Å². The van der Waals surface area contributed by atoms with Crippen LogP contribution in [-0.2, 0) is 26.2 Å². The molecule has 0 saturated heterocycles. The van der Waals surface area contributed by atoms with Crippen LogP contribution in [0, 0.1) is 0 Å². The van der Waals surface area contributed by atoms with Gasteiger partial charge < -0.3 is 12.6 Å². The van der Waals surface area contributed by atoms with Crippen LogP contribution in [0.2, 0.25) is 0 Å². The van der Waals surface area contributed by atoms with E-state index in [-0.39, 0.29) is 0 Å². The quantitative estimate of drug-likeness (QED) is 0.403. The van der Waals surface area contributed by atoms with E-state index in [1.54, 1.807) is 4.68 Å². The molecule has 1 heterocycles. The molecule has 0 aliphatic heterocycles. The zero-order valence-corrected chi connectivity index (χ0v) is 10.6. The molecule has 0 atom stereocenters.